The SMILES string of the molecule is CCC(CC(=O)O)NC(=O)C1(C)CCCO1. The van der Waals surface area contributed by atoms with Crippen molar-refractivity contribution >= 4 is 11.9 Å². The fraction of sp³-hybridized carbons (Fsp3) is 0.818. The maximum atomic E-state index is 11.9. The predicted molar refractivity (Wildman–Crippen MR) is 58.1 cm³/mol. The Hall–Kier alpha value is -1.10. The molecule has 92 valence electrons. The molecule has 0 aromatic rings. The molecule has 1 aliphatic heterocycles. The van der Waals surface area contributed by atoms with Gasteiger partial charge in [0.1, 0.15) is 5.60 Å². The Morgan fingerprint density at radius 3 is 2.69 bits per heavy atom. The van der Waals surface area contributed by atoms with Gasteiger partial charge in [-0.1, -0.05) is 6.92 Å². The molecule has 2 N–H and O–H groups in total. The number of rotatable bonds is 5. The third-order valence-electron chi connectivity index (χ3n) is 2.95. The van der Waals surface area contributed by atoms with E-state index in [0.717, 1.165) is 6.42 Å². The minimum absolute atomic E-state index is 0.0433. The van der Waals surface area contributed by atoms with Crippen molar-refractivity contribution in [3.8, 4) is 0 Å². The number of aliphatic carboxylic acids is 1. The van der Waals surface area contributed by atoms with Gasteiger partial charge in [-0.3, -0.25) is 9.59 Å². The van der Waals surface area contributed by atoms with Crippen LogP contribution in [0.3, 0.4) is 0 Å². The van der Waals surface area contributed by atoms with Gasteiger partial charge in [0.2, 0.25) is 0 Å². The van der Waals surface area contributed by atoms with Crippen LogP contribution in [0.5, 0.6) is 0 Å². The first-order valence-corrected chi connectivity index (χ1v) is 5.64. The normalized spacial score (nSPS) is 26.4. The molecule has 2 atom stereocenters. The molecule has 1 aliphatic rings. The molecule has 0 aromatic heterocycles. The van der Waals surface area contributed by atoms with E-state index in [1.165, 1.54) is 0 Å². The maximum Gasteiger partial charge on any atom is 0.305 e. The van der Waals surface area contributed by atoms with Crippen molar-refractivity contribution in [2.24, 2.45) is 0 Å². The summed E-state index contributed by atoms with van der Waals surface area (Å²) in [6, 6.07) is -0.314. The van der Waals surface area contributed by atoms with E-state index in [1.807, 2.05) is 6.92 Å². The van der Waals surface area contributed by atoms with Gasteiger partial charge in [-0.05, 0) is 26.2 Å². The maximum absolute atomic E-state index is 11.9. The zero-order valence-corrected chi connectivity index (χ0v) is 9.78. The van der Waals surface area contributed by atoms with Gasteiger partial charge >= 0.3 is 5.97 Å². The number of carbonyl (C=O) groups is 2. The number of amides is 1. The van der Waals surface area contributed by atoms with E-state index in [0.29, 0.717) is 19.4 Å². The van der Waals surface area contributed by atoms with E-state index in [9.17, 15) is 9.59 Å². The highest BCUT2D eigenvalue weighted by Crippen LogP contribution is 2.25. The summed E-state index contributed by atoms with van der Waals surface area (Å²) in [7, 11) is 0. The zero-order chi connectivity index (χ0) is 12.2. The predicted octanol–water partition coefficient (Wildman–Crippen LogP) is 0.925. The summed E-state index contributed by atoms with van der Waals surface area (Å²) < 4.78 is 5.39. The Bertz CT molecular complexity index is 271. The van der Waals surface area contributed by atoms with Gasteiger partial charge in [0.15, 0.2) is 0 Å². The number of carboxylic acids is 1. The minimum atomic E-state index is -0.898. The summed E-state index contributed by atoms with van der Waals surface area (Å²) in [5, 5.41) is 11.4. The van der Waals surface area contributed by atoms with Crippen LogP contribution in [-0.4, -0.2) is 35.2 Å². The summed E-state index contributed by atoms with van der Waals surface area (Å²) in [5.41, 5.74) is -0.772. The van der Waals surface area contributed by atoms with Crippen LogP contribution in [-0.2, 0) is 14.3 Å². The first kappa shape index (κ1) is 13.0. The van der Waals surface area contributed by atoms with Crippen LogP contribution < -0.4 is 5.32 Å². The molecule has 0 saturated carbocycles. The number of hydrogen-bond acceptors (Lipinski definition) is 3. The van der Waals surface area contributed by atoms with Gasteiger partial charge in [0, 0.05) is 12.6 Å². The van der Waals surface area contributed by atoms with E-state index in [4.69, 9.17) is 9.84 Å². The fourth-order valence-corrected chi connectivity index (χ4v) is 1.80. The number of ether oxygens (including phenoxy) is 1. The second kappa shape index (κ2) is 5.30. The topological polar surface area (TPSA) is 75.6 Å². The molecule has 0 spiro atoms. The van der Waals surface area contributed by atoms with Gasteiger partial charge in [0.05, 0.1) is 6.42 Å². The molecule has 0 bridgehead atoms. The van der Waals surface area contributed by atoms with E-state index < -0.39 is 11.6 Å². The summed E-state index contributed by atoms with van der Waals surface area (Å²) in [6.45, 7) is 4.20. The number of carboxylic acid groups (broad SMARTS) is 1. The average Bonchev–Trinajstić information content (AvgIpc) is 2.64. The molecule has 1 heterocycles. The molecule has 1 amide bonds. The summed E-state index contributed by atoms with van der Waals surface area (Å²) in [6.07, 6.45) is 2.13. The highest BCUT2D eigenvalue weighted by Gasteiger charge is 2.38. The Morgan fingerprint density at radius 2 is 2.25 bits per heavy atom. The molecule has 5 heteroatoms. The highest BCUT2D eigenvalue weighted by molar-refractivity contribution is 5.85. The van der Waals surface area contributed by atoms with E-state index >= 15 is 0 Å². The monoisotopic (exact) mass is 229 g/mol. The third kappa shape index (κ3) is 3.20. The first-order chi connectivity index (χ1) is 7.48. The standard InChI is InChI=1S/C11H19NO4/c1-3-8(7-9(13)14)12-10(15)11(2)5-4-6-16-11/h8H,3-7H2,1-2H3,(H,12,15)(H,13,14). The Morgan fingerprint density at radius 1 is 1.56 bits per heavy atom. The largest absolute Gasteiger partial charge is 0.481 e. The molecule has 0 aromatic carbocycles. The van der Waals surface area contributed by atoms with Crippen LogP contribution in [0.15, 0.2) is 0 Å². The van der Waals surface area contributed by atoms with E-state index in [1.54, 1.807) is 6.92 Å². The number of hydrogen-bond donors (Lipinski definition) is 2. The first-order valence-electron chi connectivity index (χ1n) is 5.64. The fourth-order valence-electron chi connectivity index (χ4n) is 1.80. The van der Waals surface area contributed by atoms with Gasteiger partial charge < -0.3 is 15.2 Å². The lowest BCUT2D eigenvalue weighted by molar-refractivity contribution is -0.141. The average molecular weight is 229 g/mol. The van der Waals surface area contributed by atoms with Crippen molar-refractivity contribution < 1.29 is 19.4 Å². The molecule has 1 rings (SSSR count). The molecule has 2 unspecified atom stereocenters. The van der Waals surface area contributed by atoms with Crippen molar-refractivity contribution in [1.82, 2.24) is 5.32 Å². The van der Waals surface area contributed by atoms with Crippen LogP contribution in [0.2, 0.25) is 0 Å². The highest BCUT2D eigenvalue weighted by atomic mass is 16.5. The zero-order valence-electron chi connectivity index (χ0n) is 9.78. The smallest absolute Gasteiger partial charge is 0.305 e. The van der Waals surface area contributed by atoms with Crippen LogP contribution in [0, 0.1) is 0 Å². The Kier molecular flexibility index (Phi) is 4.29. The van der Waals surface area contributed by atoms with Gasteiger partial charge in [-0.15, -0.1) is 0 Å². The number of carbonyl (C=O) groups excluding carboxylic acids is 1. The molecule has 5 nitrogen and oxygen atoms in total. The van der Waals surface area contributed by atoms with Gasteiger partial charge in [-0.25, -0.2) is 0 Å². The molecular weight excluding hydrogens is 210 g/mol. The molecule has 1 fully saturated rings. The Balaban J connectivity index is 2.51. The Labute approximate surface area is 95.2 Å². The lowest BCUT2D eigenvalue weighted by Crippen LogP contribution is -2.48. The molecule has 16 heavy (non-hydrogen) atoms. The third-order valence-corrected chi connectivity index (χ3v) is 2.95. The van der Waals surface area contributed by atoms with Crippen molar-refractivity contribution in [2.75, 3.05) is 6.61 Å². The minimum Gasteiger partial charge on any atom is -0.481 e. The summed E-state index contributed by atoms with van der Waals surface area (Å²) >= 11 is 0. The second-order valence-electron chi connectivity index (χ2n) is 4.36. The second-order valence-corrected chi connectivity index (χ2v) is 4.36. The van der Waals surface area contributed by atoms with Crippen LogP contribution in [0.4, 0.5) is 0 Å². The number of nitrogens with one attached hydrogen (secondary N) is 1. The lowest BCUT2D eigenvalue weighted by atomic mass is 10.0. The van der Waals surface area contributed by atoms with E-state index in [2.05, 4.69) is 5.32 Å². The van der Waals surface area contributed by atoms with Crippen molar-refractivity contribution in [3.05, 3.63) is 0 Å². The lowest BCUT2D eigenvalue weighted by Gasteiger charge is -2.25. The van der Waals surface area contributed by atoms with Gasteiger partial charge in [0.25, 0.3) is 5.91 Å². The van der Waals surface area contributed by atoms with Crippen molar-refractivity contribution in [2.45, 2.75) is 51.2 Å². The van der Waals surface area contributed by atoms with E-state index in [-0.39, 0.29) is 18.4 Å². The molecular formula is C11H19NO4. The molecule has 0 aliphatic carbocycles. The van der Waals surface area contributed by atoms with Gasteiger partial charge in [-0.2, -0.15) is 0 Å². The van der Waals surface area contributed by atoms with Crippen LogP contribution in [0.25, 0.3) is 0 Å². The van der Waals surface area contributed by atoms with Crippen molar-refractivity contribution in [1.29, 1.82) is 0 Å². The van der Waals surface area contributed by atoms with Crippen LogP contribution >= 0.6 is 0 Å². The van der Waals surface area contributed by atoms with Crippen LogP contribution in [0.1, 0.15) is 39.5 Å². The molecule has 0 radical (unpaired) electrons. The quantitative estimate of drug-likeness (QED) is 0.735. The summed E-state index contributed by atoms with van der Waals surface area (Å²) in [4.78, 5) is 22.5. The summed E-state index contributed by atoms with van der Waals surface area (Å²) in [5.74, 6) is -1.09. The molecule has 1 saturated heterocycles. The van der Waals surface area contributed by atoms with Crippen molar-refractivity contribution in [3.63, 3.8) is 0 Å².